The third-order valence-electron chi connectivity index (χ3n) is 0.704. The maximum Gasteiger partial charge on any atom is 0.581 e. The van der Waals surface area contributed by atoms with Crippen molar-refractivity contribution in [1.82, 2.24) is 0 Å². The quantitative estimate of drug-likeness (QED) is 0.336. The second-order valence-electron chi connectivity index (χ2n) is 1.61. The van der Waals surface area contributed by atoms with Crippen LogP contribution in [0.15, 0.2) is 0 Å². The molecule has 0 radical (unpaired) electrons. The summed E-state index contributed by atoms with van der Waals surface area (Å²) in [6.45, 7) is 1.55. The zero-order chi connectivity index (χ0) is 8.74. The molecular formula is C4H12O6Si. The van der Waals surface area contributed by atoms with E-state index in [1.54, 1.807) is 6.55 Å². The van der Waals surface area contributed by atoms with Crippen LogP contribution in [-0.2, 0) is 28.4 Å². The third kappa shape index (κ3) is 4.43. The monoisotopic (exact) mass is 184 g/mol. The van der Waals surface area contributed by atoms with Gasteiger partial charge in [-0.3, -0.25) is 0 Å². The second-order valence-corrected chi connectivity index (χ2v) is 3.84. The molecule has 0 aromatic heterocycles. The highest BCUT2D eigenvalue weighted by atomic mass is 28.4. The average molecular weight is 184 g/mol. The zero-order valence-corrected chi connectivity index (χ0v) is 7.95. The predicted octanol–water partition coefficient (Wildman–Crippen LogP) is 0.289. The van der Waals surface area contributed by atoms with Crippen molar-refractivity contribution in [2.75, 3.05) is 21.3 Å². The van der Waals surface area contributed by atoms with Gasteiger partial charge in [-0.2, -0.15) is 0 Å². The highest BCUT2D eigenvalue weighted by molar-refractivity contribution is 6.58. The molecule has 0 unspecified atom stereocenters. The van der Waals surface area contributed by atoms with Crippen LogP contribution in [0.1, 0.15) is 0 Å². The van der Waals surface area contributed by atoms with Crippen LogP contribution in [0, 0.1) is 0 Å². The molecular weight excluding hydrogens is 172 g/mol. The first kappa shape index (κ1) is 11.0. The van der Waals surface area contributed by atoms with E-state index in [1.165, 1.54) is 21.3 Å². The maximum absolute atomic E-state index is 4.65. The van der Waals surface area contributed by atoms with Gasteiger partial charge in [0.15, 0.2) is 0 Å². The van der Waals surface area contributed by atoms with Gasteiger partial charge in [0.1, 0.15) is 0 Å². The first-order chi connectivity index (χ1) is 5.18. The highest BCUT2D eigenvalue weighted by Crippen LogP contribution is 2.08. The van der Waals surface area contributed by atoms with Crippen LogP contribution in [0.4, 0.5) is 0 Å². The van der Waals surface area contributed by atoms with Gasteiger partial charge in [-0.05, 0) is 0 Å². The summed E-state index contributed by atoms with van der Waals surface area (Å²) in [5, 5.41) is 0. The molecule has 68 valence electrons. The Kier molecular flexibility index (Phi) is 5.59. The summed E-state index contributed by atoms with van der Waals surface area (Å²) in [6, 6.07) is 0. The lowest BCUT2D eigenvalue weighted by Gasteiger charge is -2.18. The molecule has 0 heterocycles. The largest absolute Gasteiger partial charge is 0.581 e. The Balaban J connectivity index is 3.79. The van der Waals surface area contributed by atoms with Gasteiger partial charge in [0, 0.05) is 6.55 Å². The first-order valence-electron chi connectivity index (χ1n) is 2.84. The lowest BCUT2D eigenvalue weighted by atomic mass is 11.8. The summed E-state index contributed by atoms with van der Waals surface area (Å²) in [5.41, 5.74) is 0. The lowest BCUT2D eigenvalue weighted by Crippen LogP contribution is -2.41. The van der Waals surface area contributed by atoms with Gasteiger partial charge in [-0.15, -0.1) is 0 Å². The number of rotatable bonds is 6. The van der Waals surface area contributed by atoms with E-state index in [4.69, 9.17) is 0 Å². The molecule has 0 amide bonds. The average Bonchev–Trinajstić information content (AvgIpc) is 1.88. The standard InChI is InChI=1S/C4H12O6Si/c1-5-8-11(4,9-6-2)10-7-3/h1-4H3. The van der Waals surface area contributed by atoms with Crippen LogP contribution in [0.2, 0.25) is 6.55 Å². The fourth-order valence-corrected chi connectivity index (χ4v) is 1.49. The molecule has 7 heteroatoms. The molecule has 6 nitrogen and oxygen atoms in total. The van der Waals surface area contributed by atoms with Crippen LogP contribution in [0.5, 0.6) is 0 Å². The summed E-state index contributed by atoms with van der Waals surface area (Å²) in [7, 11) is 1.09. The van der Waals surface area contributed by atoms with Gasteiger partial charge in [-0.25, -0.2) is 28.4 Å². The summed E-state index contributed by atoms with van der Waals surface area (Å²) in [6.07, 6.45) is 0. The van der Waals surface area contributed by atoms with Crippen molar-refractivity contribution >= 4 is 8.80 Å². The van der Waals surface area contributed by atoms with Crippen molar-refractivity contribution in [3.63, 3.8) is 0 Å². The van der Waals surface area contributed by atoms with Crippen LogP contribution in [-0.4, -0.2) is 30.1 Å². The molecule has 0 saturated heterocycles. The Hall–Kier alpha value is -0.0231. The molecule has 0 aliphatic carbocycles. The Morgan fingerprint density at radius 3 is 1.18 bits per heavy atom. The molecule has 0 spiro atoms. The van der Waals surface area contributed by atoms with Crippen LogP contribution < -0.4 is 0 Å². The van der Waals surface area contributed by atoms with Crippen LogP contribution in [0.25, 0.3) is 0 Å². The van der Waals surface area contributed by atoms with Crippen LogP contribution >= 0.6 is 0 Å². The van der Waals surface area contributed by atoms with E-state index < -0.39 is 8.80 Å². The van der Waals surface area contributed by atoms with E-state index in [0.717, 1.165) is 0 Å². The van der Waals surface area contributed by atoms with E-state index in [1.807, 2.05) is 0 Å². The van der Waals surface area contributed by atoms with E-state index in [9.17, 15) is 0 Å². The Morgan fingerprint density at radius 2 is 1.00 bits per heavy atom. The number of hydrogen-bond donors (Lipinski definition) is 0. The normalized spacial score (nSPS) is 12.0. The minimum absolute atomic E-state index is 1.34. The molecule has 0 aromatic rings. The van der Waals surface area contributed by atoms with Gasteiger partial charge < -0.3 is 0 Å². The van der Waals surface area contributed by atoms with E-state index >= 15 is 0 Å². The third-order valence-corrected chi connectivity index (χ3v) is 2.11. The van der Waals surface area contributed by atoms with Crippen molar-refractivity contribution in [3.05, 3.63) is 0 Å². The molecule has 0 N–H and O–H groups in total. The molecule has 0 aliphatic rings. The number of hydrogen-bond acceptors (Lipinski definition) is 6. The highest BCUT2D eigenvalue weighted by Gasteiger charge is 2.40. The topological polar surface area (TPSA) is 55.4 Å². The Morgan fingerprint density at radius 1 is 0.727 bits per heavy atom. The summed E-state index contributed by atoms with van der Waals surface area (Å²) < 4.78 is 14.0. The van der Waals surface area contributed by atoms with Crippen molar-refractivity contribution in [3.8, 4) is 0 Å². The van der Waals surface area contributed by atoms with Gasteiger partial charge in [0.05, 0.1) is 21.3 Å². The smallest absolute Gasteiger partial charge is 0.246 e. The first-order valence-corrected chi connectivity index (χ1v) is 5.06. The SMILES string of the molecule is COO[Si](C)(OOC)OOC. The maximum atomic E-state index is 4.65. The van der Waals surface area contributed by atoms with Gasteiger partial charge >= 0.3 is 8.80 Å². The van der Waals surface area contributed by atoms with Gasteiger partial charge in [0.2, 0.25) is 0 Å². The lowest BCUT2D eigenvalue weighted by molar-refractivity contribution is -0.341. The van der Waals surface area contributed by atoms with Crippen molar-refractivity contribution in [1.29, 1.82) is 0 Å². The minimum atomic E-state index is -2.92. The van der Waals surface area contributed by atoms with E-state index in [-0.39, 0.29) is 0 Å². The molecule has 0 atom stereocenters. The zero-order valence-electron chi connectivity index (χ0n) is 6.95. The predicted molar refractivity (Wildman–Crippen MR) is 35.9 cm³/mol. The van der Waals surface area contributed by atoms with Crippen molar-refractivity contribution in [2.45, 2.75) is 6.55 Å². The van der Waals surface area contributed by atoms with Crippen molar-refractivity contribution in [2.24, 2.45) is 0 Å². The second kappa shape index (κ2) is 5.60. The fourth-order valence-electron chi connectivity index (χ4n) is 0.496. The van der Waals surface area contributed by atoms with E-state index in [0.29, 0.717) is 0 Å². The molecule has 0 aromatic carbocycles. The summed E-state index contributed by atoms with van der Waals surface area (Å²) in [5.74, 6) is 0. The summed E-state index contributed by atoms with van der Waals surface area (Å²) in [4.78, 5) is 13.1. The molecule has 0 fully saturated rings. The van der Waals surface area contributed by atoms with Gasteiger partial charge in [-0.1, -0.05) is 0 Å². The summed E-state index contributed by atoms with van der Waals surface area (Å²) >= 11 is 0. The molecule has 11 heavy (non-hydrogen) atoms. The van der Waals surface area contributed by atoms with E-state index in [2.05, 4.69) is 28.4 Å². The molecule has 0 bridgehead atoms. The molecule has 0 aliphatic heterocycles. The fraction of sp³-hybridized carbons (Fsp3) is 1.00. The van der Waals surface area contributed by atoms with Crippen molar-refractivity contribution < 1.29 is 28.4 Å². The molecule has 0 saturated carbocycles. The Bertz CT molecular complexity index is 81.6. The molecule has 0 rings (SSSR count). The Labute approximate surface area is 66.1 Å². The van der Waals surface area contributed by atoms with Crippen LogP contribution in [0.3, 0.4) is 0 Å². The van der Waals surface area contributed by atoms with Gasteiger partial charge in [0.25, 0.3) is 0 Å². The minimum Gasteiger partial charge on any atom is -0.246 e.